The van der Waals surface area contributed by atoms with Gasteiger partial charge in [0.2, 0.25) is 0 Å². The number of pyridine rings is 1. The summed E-state index contributed by atoms with van der Waals surface area (Å²) in [4.78, 5) is 21.4. The number of nitrogens with two attached hydrogens (primary N) is 1. The minimum atomic E-state index is -0.216. The first-order valence-corrected chi connectivity index (χ1v) is 9.01. The standard InChI is InChI=1S/C19H25N7O/c1-2-3-9-25(15-24-10-7-21-8-11-24)18-17(20)13-23-26(19(18)27)14-16-5-4-6-22-12-16/h4-6,12-13,21H,7-11,14-15,20H2,1H3. The highest BCUT2D eigenvalue weighted by Crippen LogP contribution is 2.17. The summed E-state index contributed by atoms with van der Waals surface area (Å²) in [6.07, 6.45) is 4.97. The van der Waals surface area contributed by atoms with Crippen molar-refractivity contribution in [2.24, 2.45) is 0 Å². The number of nitrogens with one attached hydrogen (secondary N) is 1. The highest BCUT2D eigenvalue weighted by Gasteiger charge is 2.20. The minimum Gasteiger partial charge on any atom is -0.396 e. The molecule has 0 radical (unpaired) electrons. The molecule has 0 amide bonds. The van der Waals surface area contributed by atoms with Crippen LogP contribution in [0.5, 0.6) is 0 Å². The quantitative estimate of drug-likeness (QED) is 0.692. The molecular weight excluding hydrogens is 342 g/mol. The number of nitrogen functional groups attached to an aromatic ring is 1. The lowest BCUT2D eigenvalue weighted by molar-refractivity contribution is 0.242. The molecule has 3 rings (SSSR count). The Kier molecular flexibility index (Phi) is 6.41. The zero-order valence-electron chi connectivity index (χ0n) is 15.6. The molecule has 142 valence electrons. The third-order valence-corrected chi connectivity index (χ3v) is 4.45. The van der Waals surface area contributed by atoms with Crippen LogP contribution in [0.1, 0.15) is 12.5 Å². The number of anilines is 2. The number of hydrogen-bond donors (Lipinski definition) is 2. The molecule has 1 aliphatic heterocycles. The molecule has 2 aromatic heterocycles. The number of rotatable bonds is 6. The molecule has 1 fully saturated rings. The van der Waals surface area contributed by atoms with E-state index in [1.165, 1.54) is 10.9 Å². The maximum atomic E-state index is 13.1. The fourth-order valence-corrected chi connectivity index (χ4v) is 3.05. The minimum absolute atomic E-state index is 0.216. The summed E-state index contributed by atoms with van der Waals surface area (Å²) in [6, 6.07) is 3.75. The lowest BCUT2D eigenvalue weighted by Gasteiger charge is -2.33. The van der Waals surface area contributed by atoms with E-state index in [0.29, 0.717) is 31.1 Å². The largest absolute Gasteiger partial charge is 0.396 e. The van der Waals surface area contributed by atoms with Crippen molar-refractivity contribution < 1.29 is 0 Å². The first kappa shape index (κ1) is 18.9. The maximum absolute atomic E-state index is 13.1. The Morgan fingerprint density at radius 2 is 2.15 bits per heavy atom. The summed E-state index contributed by atoms with van der Waals surface area (Å²) in [6.45, 7) is 6.90. The van der Waals surface area contributed by atoms with E-state index in [-0.39, 0.29) is 5.56 Å². The average Bonchev–Trinajstić information content (AvgIpc) is 2.70. The van der Waals surface area contributed by atoms with E-state index in [0.717, 1.165) is 31.7 Å². The third-order valence-electron chi connectivity index (χ3n) is 4.45. The smallest absolute Gasteiger partial charge is 0.292 e. The molecule has 3 heterocycles. The number of nitrogens with zero attached hydrogens (tertiary/aromatic N) is 5. The van der Waals surface area contributed by atoms with Crippen LogP contribution in [0.4, 0.5) is 11.4 Å². The van der Waals surface area contributed by atoms with Crippen LogP contribution < -0.4 is 21.5 Å². The molecule has 0 saturated carbocycles. The van der Waals surface area contributed by atoms with Crippen LogP contribution >= 0.6 is 0 Å². The van der Waals surface area contributed by atoms with Gasteiger partial charge in [-0.1, -0.05) is 12.0 Å². The van der Waals surface area contributed by atoms with Gasteiger partial charge in [-0.25, -0.2) is 4.68 Å². The van der Waals surface area contributed by atoms with Crippen molar-refractivity contribution in [3.05, 3.63) is 46.6 Å². The maximum Gasteiger partial charge on any atom is 0.292 e. The van der Waals surface area contributed by atoms with E-state index < -0.39 is 0 Å². The number of hydrogen-bond acceptors (Lipinski definition) is 7. The van der Waals surface area contributed by atoms with E-state index in [2.05, 4.69) is 32.1 Å². The highest BCUT2D eigenvalue weighted by atomic mass is 16.1. The Bertz CT molecular complexity index is 863. The molecule has 2 aromatic rings. The van der Waals surface area contributed by atoms with Gasteiger partial charge in [0, 0.05) is 38.6 Å². The van der Waals surface area contributed by atoms with Crippen molar-refractivity contribution in [2.45, 2.75) is 13.5 Å². The van der Waals surface area contributed by atoms with Gasteiger partial charge in [-0.05, 0) is 18.6 Å². The molecule has 27 heavy (non-hydrogen) atoms. The van der Waals surface area contributed by atoms with Crippen LogP contribution in [0.15, 0.2) is 35.5 Å². The molecule has 1 saturated heterocycles. The van der Waals surface area contributed by atoms with E-state index >= 15 is 0 Å². The van der Waals surface area contributed by atoms with Crippen LogP contribution in [0.3, 0.4) is 0 Å². The van der Waals surface area contributed by atoms with Crippen LogP contribution in [0.2, 0.25) is 0 Å². The summed E-state index contributed by atoms with van der Waals surface area (Å²) >= 11 is 0. The summed E-state index contributed by atoms with van der Waals surface area (Å²) < 4.78 is 1.42. The normalized spacial score (nSPS) is 14.4. The summed E-state index contributed by atoms with van der Waals surface area (Å²) in [5, 5.41) is 7.54. The second-order valence-electron chi connectivity index (χ2n) is 6.41. The Labute approximate surface area is 159 Å². The average molecular weight is 367 g/mol. The molecule has 1 aliphatic rings. The first-order valence-electron chi connectivity index (χ1n) is 9.01. The molecule has 0 unspecified atom stereocenters. The Morgan fingerprint density at radius 1 is 1.33 bits per heavy atom. The lowest BCUT2D eigenvalue weighted by Crippen LogP contribution is -2.49. The SMILES string of the molecule is CC#CCN(CN1CCNCC1)c1c(N)cnn(Cc2cccnc2)c1=O. The van der Waals surface area contributed by atoms with Gasteiger partial charge >= 0.3 is 0 Å². The Balaban J connectivity index is 1.90. The van der Waals surface area contributed by atoms with Crippen molar-refractivity contribution in [2.75, 3.05) is 50.0 Å². The van der Waals surface area contributed by atoms with Gasteiger partial charge in [0.1, 0.15) is 5.69 Å². The van der Waals surface area contributed by atoms with Crippen LogP contribution in [0, 0.1) is 11.8 Å². The van der Waals surface area contributed by atoms with Crippen LogP contribution in [0.25, 0.3) is 0 Å². The topological polar surface area (TPSA) is 92.3 Å². The molecule has 8 nitrogen and oxygen atoms in total. The summed E-state index contributed by atoms with van der Waals surface area (Å²) in [7, 11) is 0. The van der Waals surface area contributed by atoms with Gasteiger partial charge in [-0.15, -0.1) is 5.92 Å². The first-order chi connectivity index (χ1) is 13.2. The highest BCUT2D eigenvalue weighted by molar-refractivity contribution is 5.65. The van der Waals surface area contributed by atoms with Crippen LogP contribution in [-0.2, 0) is 6.54 Å². The van der Waals surface area contributed by atoms with Gasteiger partial charge in [0.25, 0.3) is 5.56 Å². The molecule has 3 N–H and O–H groups in total. The van der Waals surface area contributed by atoms with Crippen molar-refractivity contribution in [3.8, 4) is 11.8 Å². The zero-order valence-corrected chi connectivity index (χ0v) is 15.6. The van der Waals surface area contributed by atoms with Crippen LogP contribution in [-0.4, -0.2) is 59.1 Å². The number of piperazine rings is 1. The second kappa shape index (κ2) is 9.16. The van der Waals surface area contributed by atoms with Crippen molar-refractivity contribution in [3.63, 3.8) is 0 Å². The van der Waals surface area contributed by atoms with Gasteiger partial charge in [-0.3, -0.25) is 14.7 Å². The predicted molar refractivity (Wildman–Crippen MR) is 106 cm³/mol. The molecule has 0 atom stereocenters. The zero-order chi connectivity index (χ0) is 19.1. The monoisotopic (exact) mass is 367 g/mol. The van der Waals surface area contributed by atoms with Gasteiger partial charge in [-0.2, -0.15) is 5.10 Å². The fraction of sp³-hybridized carbons (Fsp3) is 0.421. The molecule has 0 bridgehead atoms. The fourth-order valence-electron chi connectivity index (χ4n) is 3.05. The van der Waals surface area contributed by atoms with Crippen molar-refractivity contribution >= 4 is 11.4 Å². The molecule has 0 spiro atoms. The Hall–Kier alpha value is -2.89. The second-order valence-corrected chi connectivity index (χ2v) is 6.41. The summed E-state index contributed by atoms with van der Waals surface area (Å²) in [5.74, 6) is 5.96. The van der Waals surface area contributed by atoms with Crippen molar-refractivity contribution in [1.82, 2.24) is 25.0 Å². The molecular formula is C19H25N7O. The third kappa shape index (κ3) is 4.84. The van der Waals surface area contributed by atoms with E-state index in [1.807, 2.05) is 17.0 Å². The van der Waals surface area contributed by atoms with Gasteiger partial charge < -0.3 is 16.0 Å². The summed E-state index contributed by atoms with van der Waals surface area (Å²) in [5.41, 5.74) is 7.67. The lowest BCUT2D eigenvalue weighted by atomic mass is 10.3. The molecule has 0 aliphatic carbocycles. The van der Waals surface area contributed by atoms with E-state index in [1.54, 1.807) is 19.3 Å². The molecule has 8 heteroatoms. The van der Waals surface area contributed by atoms with Gasteiger partial charge in [0.05, 0.1) is 31.6 Å². The van der Waals surface area contributed by atoms with Crippen molar-refractivity contribution in [1.29, 1.82) is 0 Å². The van der Waals surface area contributed by atoms with E-state index in [4.69, 9.17) is 5.73 Å². The molecule has 0 aromatic carbocycles. The van der Waals surface area contributed by atoms with Gasteiger partial charge in [0.15, 0.2) is 0 Å². The van der Waals surface area contributed by atoms with E-state index in [9.17, 15) is 4.79 Å². The Morgan fingerprint density at radius 3 is 2.85 bits per heavy atom. The number of aromatic nitrogens is 3. The predicted octanol–water partition coefficient (Wildman–Crippen LogP) is -0.0388.